The molecule has 3 aliphatic rings. The van der Waals surface area contributed by atoms with Gasteiger partial charge in [0.05, 0.1) is 0 Å². The molecule has 2 heterocycles. The Morgan fingerprint density at radius 1 is 1.04 bits per heavy atom. The highest BCUT2D eigenvalue weighted by Gasteiger charge is 2.43. The lowest BCUT2D eigenvalue weighted by Gasteiger charge is -2.38. The zero-order valence-electron chi connectivity index (χ0n) is 15.9. The van der Waals surface area contributed by atoms with E-state index >= 15 is 0 Å². The molecular weight excluding hydrogens is 298 g/mol. The number of likely N-dealkylation sites (tertiary alicyclic amines) is 1. The summed E-state index contributed by atoms with van der Waals surface area (Å²) in [5.74, 6) is 1.17. The zero-order valence-corrected chi connectivity index (χ0v) is 15.9. The van der Waals surface area contributed by atoms with Gasteiger partial charge in [0.1, 0.15) is 0 Å². The normalized spacial score (nSPS) is 25.2. The predicted octanol–water partition coefficient (Wildman–Crippen LogP) is 1.86. The van der Waals surface area contributed by atoms with Crippen molar-refractivity contribution in [2.24, 2.45) is 10.4 Å². The lowest BCUT2D eigenvalue weighted by molar-refractivity contribution is 0.151. The molecule has 0 amide bonds. The third-order valence-electron chi connectivity index (χ3n) is 6.23. The molecule has 5 heteroatoms. The highest BCUT2D eigenvalue weighted by Crippen LogP contribution is 2.47. The second kappa shape index (κ2) is 8.52. The van der Waals surface area contributed by atoms with E-state index in [2.05, 4.69) is 34.0 Å². The maximum absolute atomic E-state index is 4.92. The minimum absolute atomic E-state index is 0.650. The molecule has 3 rings (SSSR count). The molecule has 24 heavy (non-hydrogen) atoms. The van der Waals surface area contributed by atoms with Gasteiger partial charge < -0.3 is 20.0 Å². The van der Waals surface area contributed by atoms with Gasteiger partial charge in [-0.25, -0.2) is 0 Å². The quantitative estimate of drug-likeness (QED) is 0.456. The topological polar surface area (TPSA) is 34.1 Å². The molecule has 0 radical (unpaired) electrons. The summed E-state index contributed by atoms with van der Waals surface area (Å²) in [6.45, 7) is 12.7. The molecule has 5 nitrogen and oxygen atoms in total. The Balaban J connectivity index is 1.36. The Hall–Kier alpha value is -0.810. The summed E-state index contributed by atoms with van der Waals surface area (Å²) in [4.78, 5) is 12.5. The van der Waals surface area contributed by atoms with E-state index in [4.69, 9.17) is 4.99 Å². The largest absolute Gasteiger partial charge is 0.357 e. The molecule has 1 saturated carbocycles. The van der Waals surface area contributed by atoms with Crippen LogP contribution < -0.4 is 5.32 Å². The van der Waals surface area contributed by atoms with E-state index in [1.54, 1.807) is 0 Å². The molecule has 3 fully saturated rings. The van der Waals surface area contributed by atoms with Gasteiger partial charge in [0.2, 0.25) is 0 Å². The minimum atomic E-state index is 0.650. The number of guanidine groups is 1. The van der Waals surface area contributed by atoms with Crippen LogP contribution in [0.15, 0.2) is 4.99 Å². The first-order valence-corrected chi connectivity index (χ1v) is 10.1. The van der Waals surface area contributed by atoms with Gasteiger partial charge in [-0.05, 0) is 58.0 Å². The number of nitrogens with one attached hydrogen (secondary N) is 1. The Labute approximate surface area is 148 Å². The van der Waals surface area contributed by atoms with Crippen LogP contribution in [0.5, 0.6) is 0 Å². The van der Waals surface area contributed by atoms with Gasteiger partial charge in [-0.1, -0.05) is 6.42 Å². The lowest BCUT2D eigenvalue weighted by Crippen LogP contribution is -2.44. The number of rotatable bonds is 6. The summed E-state index contributed by atoms with van der Waals surface area (Å²) < 4.78 is 0. The number of aliphatic imine (C=N–C) groups is 1. The first-order valence-electron chi connectivity index (χ1n) is 10.1. The van der Waals surface area contributed by atoms with E-state index in [9.17, 15) is 0 Å². The summed E-state index contributed by atoms with van der Waals surface area (Å²) in [7, 11) is 2.22. The molecular formula is C19H37N5. The third kappa shape index (κ3) is 4.63. The zero-order chi connectivity index (χ0) is 16.8. The molecule has 0 aromatic heterocycles. The van der Waals surface area contributed by atoms with Crippen LogP contribution in [0.25, 0.3) is 0 Å². The number of hydrogen-bond acceptors (Lipinski definition) is 3. The fourth-order valence-corrected chi connectivity index (χ4v) is 4.33. The van der Waals surface area contributed by atoms with Crippen molar-refractivity contribution in [3.05, 3.63) is 0 Å². The molecule has 2 aliphatic heterocycles. The number of piperazine rings is 1. The fraction of sp³-hybridized carbons (Fsp3) is 0.947. The van der Waals surface area contributed by atoms with Gasteiger partial charge in [0.15, 0.2) is 5.96 Å². The van der Waals surface area contributed by atoms with Crippen LogP contribution in [0.3, 0.4) is 0 Å². The van der Waals surface area contributed by atoms with E-state index in [1.807, 2.05) is 0 Å². The van der Waals surface area contributed by atoms with Gasteiger partial charge in [-0.3, -0.25) is 4.99 Å². The van der Waals surface area contributed by atoms with E-state index in [1.165, 1.54) is 90.3 Å². The minimum Gasteiger partial charge on any atom is -0.357 e. The van der Waals surface area contributed by atoms with Crippen molar-refractivity contribution in [1.29, 1.82) is 0 Å². The molecule has 1 N–H and O–H groups in total. The van der Waals surface area contributed by atoms with Crippen LogP contribution in [0, 0.1) is 5.41 Å². The predicted molar refractivity (Wildman–Crippen MR) is 102 cm³/mol. The number of hydrogen-bond donors (Lipinski definition) is 1. The monoisotopic (exact) mass is 335 g/mol. The molecule has 0 aromatic carbocycles. The van der Waals surface area contributed by atoms with Crippen LogP contribution in [0.2, 0.25) is 0 Å². The number of nitrogens with zero attached hydrogens (tertiary/aromatic N) is 4. The fourth-order valence-electron chi connectivity index (χ4n) is 4.33. The summed E-state index contributed by atoms with van der Waals surface area (Å²) in [6, 6.07) is 0. The number of likely N-dealkylation sites (N-methyl/N-ethyl adjacent to an activating group) is 1. The van der Waals surface area contributed by atoms with E-state index in [0.29, 0.717) is 5.41 Å². The summed E-state index contributed by atoms with van der Waals surface area (Å²) in [5, 5.41) is 3.52. The summed E-state index contributed by atoms with van der Waals surface area (Å²) in [6.07, 6.45) is 8.17. The van der Waals surface area contributed by atoms with Crippen molar-refractivity contribution in [3.8, 4) is 0 Å². The third-order valence-corrected chi connectivity index (χ3v) is 6.23. The highest BCUT2D eigenvalue weighted by molar-refractivity contribution is 5.80. The average molecular weight is 336 g/mol. The second-order valence-electron chi connectivity index (χ2n) is 8.11. The molecule has 0 bridgehead atoms. The molecule has 138 valence electrons. The Kier molecular flexibility index (Phi) is 6.39. The van der Waals surface area contributed by atoms with Gasteiger partial charge >= 0.3 is 0 Å². The first kappa shape index (κ1) is 18.0. The van der Waals surface area contributed by atoms with Crippen molar-refractivity contribution >= 4 is 5.96 Å². The van der Waals surface area contributed by atoms with Crippen molar-refractivity contribution in [2.45, 2.75) is 45.4 Å². The molecule has 0 unspecified atom stereocenters. The lowest BCUT2D eigenvalue weighted by atomic mass is 9.68. The molecule has 0 atom stereocenters. The molecule has 1 spiro atoms. The number of unbranched alkanes of at least 4 members (excludes halogenated alkanes) is 1. The highest BCUT2D eigenvalue weighted by atomic mass is 15.3. The van der Waals surface area contributed by atoms with Crippen LogP contribution >= 0.6 is 0 Å². The Morgan fingerprint density at radius 2 is 1.83 bits per heavy atom. The van der Waals surface area contributed by atoms with E-state index in [0.717, 1.165) is 13.1 Å². The van der Waals surface area contributed by atoms with Crippen LogP contribution in [0.4, 0.5) is 0 Å². The summed E-state index contributed by atoms with van der Waals surface area (Å²) in [5.41, 5.74) is 0.650. The Morgan fingerprint density at radius 3 is 2.46 bits per heavy atom. The van der Waals surface area contributed by atoms with Crippen molar-refractivity contribution < 1.29 is 0 Å². The van der Waals surface area contributed by atoms with Crippen LogP contribution in [0.1, 0.15) is 45.4 Å². The van der Waals surface area contributed by atoms with E-state index in [-0.39, 0.29) is 0 Å². The second-order valence-corrected chi connectivity index (χ2v) is 8.11. The maximum atomic E-state index is 4.92. The standard InChI is InChI=1S/C19H37N5/c1-3-20-18(24-12-9-19(17-24)7-6-8-19)21-10-4-5-11-23-15-13-22(2)14-16-23/h3-17H2,1-2H3,(H,20,21). The van der Waals surface area contributed by atoms with Crippen molar-refractivity contribution in [2.75, 3.05) is 66.0 Å². The van der Waals surface area contributed by atoms with Gasteiger partial charge in [0.25, 0.3) is 0 Å². The summed E-state index contributed by atoms with van der Waals surface area (Å²) >= 11 is 0. The molecule has 2 saturated heterocycles. The van der Waals surface area contributed by atoms with Crippen molar-refractivity contribution in [3.63, 3.8) is 0 Å². The van der Waals surface area contributed by atoms with Gasteiger partial charge in [-0.15, -0.1) is 0 Å². The van der Waals surface area contributed by atoms with Crippen LogP contribution in [-0.4, -0.2) is 86.6 Å². The van der Waals surface area contributed by atoms with Crippen LogP contribution in [-0.2, 0) is 0 Å². The van der Waals surface area contributed by atoms with Gasteiger partial charge in [-0.2, -0.15) is 0 Å². The Bertz CT molecular complexity index is 410. The SMILES string of the molecule is CCNC(=NCCCCN1CCN(C)CC1)N1CCC2(CCC2)C1. The smallest absolute Gasteiger partial charge is 0.193 e. The van der Waals surface area contributed by atoms with Crippen molar-refractivity contribution in [1.82, 2.24) is 20.0 Å². The molecule has 1 aliphatic carbocycles. The molecule has 0 aromatic rings. The average Bonchev–Trinajstić information content (AvgIpc) is 3.01. The van der Waals surface area contributed by atoms with E-state index < -0.39 is 0 Å². The maximum Gasteiger partial charge on any atom is 0.193 e. The first-order chi connectivity index (χ1) is 11.7. The van der Waals surface area contributed by atoms with Gasteiger partial charge in [0, 0.05) is 52.4 Å².